The Balaban J connectivity index is 1.74. The molecule has 0 fully saturated rings. The molecule has 0 radical (unpaired) electrons. The van der Waals surface area contributed by atoms with Crippen molar-refractivity contribution in [3.05, 3.63) is 71.5 Å². The number of nitrogens with zero attached hydrogens (tertiary/aromatic N) is 1. The largest absolute Gasteiger partial charge is 0.322 e. The van der Waals surface area contributed by atoms with Crippen molar-refractivity contribution in [2.24, 2.45) is 0 Å². The maximum Gasteiger partial charge on any atom is 0.263 e. The fraction of sp³-hybridized carbons (Fsp3) is 0. The van der Waals surface area contributed by atoms with E-state index in [1.54, 1.807) is 11.4 Å². The van der Waals surface area contributed by atoms with E-state index in [-0.39, 0.29) is 15.6 Å². The lowest BCUT2D eigenvalue weighted by atomic mass is 10.2. The molecule has 0 aliphatic heterocycles. The molecule has 0 aliphatic carbocycles. The molecule has 0 bridgehead atoms. The molecule has 9 heteroatoms. The Morgan fingerprint density at radius 2 is 1.80 bits per heavy atom. The predicted molar refractivity (Wildman–Crippen MR) is 93.7 cm³/mol. The number of hydrogen-bond donors (Lipinski definition) is 2. The van der Waals surface area contributed by atoms with Gasteiger partial charge in [-0.3, -0.25) is 9.52 Å². The predicted octanol–water partition coefficient (Wildman–Crippen LogP) is 3.34. The summed E-state index contributed by atoms with van der Waals surface area (Å²) in [4.78, 5) is 15.9. The van der Waals surface area contributed by atoms with E-state index in [1.807, 2.05) is 0 Å². The first-order valence-corrected chi connectivity index (χ1v) is 9.40. The summed E-state index contributed by atoms with van der Waals surface area (Å²) in [6, 6.07) is 11.1. The summed E-state index contributed by atoms with van der Waals surface area (Å²) in [5.41, 5.74) is 0.256. The van der Waals surface area contributed by atoms with Crippen LogP contribution >= 0.6 is 11.3 Å². The van der Waals surface area contributed by atoms with E-state index >= 15 is 0 Å². The van der Waals surface area contributed by atoms with Crippen molar-refractivity contribution in [2.45, 2.75) is 4.90 Å². The molecule has 1 heterocycles. The van der Waals surface area contributed by atoms with Crippen molar-refractivity contribution in [1.29, 1.82) is 0 Å². The highest BCUT2D eigenvalue weighted by Gasteiger charge is 2.16. The number of carbonyl (C=O) groups is 1. The molecule has 0 saturated heterocycles. The van der Waals surface area contributed by atoms with Crippen LogP contribution in [0.1, 0.15) is 10.4 Å². The zero-order valence-electron chi connectivity index (χ0n) is 12.6. The Morgan fingerprint density at radius 3 is 2.44 bits per heavy atom. The van der Waals surface area contributed by atoms with Gasteiger partial charge in [0.25, 0.3) is 15.9 Å². The number of thiazole rings is 1. The van der Waals surface area contributed by atoms with Crippen LogP contribution in [0.25, 0.3) is 0 Å². The average Bonchev–Trinajstić information content (AvgIpc) is 3.08. The fourth-order valence-corrected chi connectivity index (χ4v) is 3.80. The smallest absolute Gasteiger partial charge is 0.263 e. The quantitative estimate of drug-likeness (QED) is 0.714. The van der Waals surface area contributed by atoms with Crippen LogP contribution in [-0.4, -0.2) is 19.3 Å². The van der Waals surface area contributed by atoms with Gasteiger partial charge in [0.1, 0.15) is 5.82 Å². The molecular formula is C16H12FN3O3S2. The lowest BCUT2D eigenvalue weighted by Gasteiger charge is -2.08. The van der Waals surface area contributed by atoms with Crippen molar-refractivity contribution in [2.75, 3.05) is 10.0 Å². The third-order valence-corrected chi connectivity index (χ3v) is 5.37. The zero-order chi connectivity index (χ0) is 17.9. The van der Waals surface area contributed by atoms with Crippen LogP contribution in [-0.2, 0) is 10.0 Å². The molecule has 128 valence electrons. The molecule has 1 aromatic heterocycles. The Labute approximate surface area is 147 Å². The first-order chi connectivity index (χ1) is 12.0. The third-order valence-electron chi connectivity index (χ3n) is 3.19. The summed E-state index contributed by atoms with van der Waals surface area (Å²) < 4.78 is 40.4. The van der Waals surface area contributed by atoms with E-state index in [0.29, 0.717) is 5.69 Å². The molecule has 3 rings (SSSR count). The SMILES string of the molecule is O=C(Nc1ccc(S(=O)(=O)Nc2nccs2)cc1)c1ccccc1F. The number of hydrogen-bond acceptors (Lipinski definition) is 5. The first-order valence-electron chi connectivity index (χ1n) is 7.04. The van der Waals surface area contributed by atoms with Gasteiger partial charge in [0, 0.05) is 17.3 Å². The molecule has 0 spiro atoms. The van der Waals surface area contributed by atoms with Crippen molar-refractivity contribution in [3.8, 4) is 0 Å². The van der Waals surface area contributed by atoms with Gasteiger partial charge in [-0.1, -0.05) is 12.1 Å². The maximum absolute atomic E-state index is 13.6. The normalized spacial score (nSPS) is 11.1. The van der Waals surface area contributed by atoms with E-state index < -0.39 is 21.7 Å². The van der Waals surface area contributed by atoms with Crippen LogP contribution in [0.4, 0.5) is 15.2 Å². The lowest BCUT2D eigenvalue weighted by molar-refractivity contribution is 0.102. The summed E-state index contributed by atoms with van der Waals surface area (Å²) in [7, 11) is -3.76. The van der Waals surface area contributed by atoms with Gasteiger partial charge >= 0.3 is 0 Å². The topological polar surface area (TPSA) is 88.2 Å². The molecule has 3 aromatic rings. The number of nitrogens with one attached hydrogen (secondary N) is 2. The van der Waals surface area contributed by atoms with E-state index in [4.69, 9.17) is 0 Å². The lowest BCUT2D eigenvalue weighted by Crippen LogP contribution is -2.15. The summed E-state index contributed by atoms with van der Waals surface area (Å²) in [6.45, 7) is 0. The number of benzene rings is 2. The van der Waals surface area contributed by atoms with Crippen LogP contribution in [0, 0.1) is 5.82 Å². The second-order valence-electron chi connectivity index (χ2n) is 4.90. The zero-order valence-corrected chi connectivity index (χ0v) is 14.3. The summed E-state index contributed by atoms with van der Waals surface area (Å²) in [5, 5.41) is 4.43. The molecule has 1 amide bonds. The molecule has 0 atom stereocenters. The number of aromatic nitrogens is 1. The fourth-order valence-electron chi connectivity index (χ4n) is 2.01. The highest BCUT2D eigenvalue weighted by Crippen LogP contribution is 2.20. The minimum Gasteiger partial charge on any atom is -0.322 e. The highest BCUT2D eigenvalue weighted by atomic mass is 32.2. The van der Waals surface area contributed by atoms with Gasteiger partial charge in [0.05, 0.1) is 10.5 Å². The molecule has 6 nitrogen and oxygen atoms in total. The number of sulfonamides is 1. The van der Waals surface area contributed by atoms with E-state index in [0.717, 1.165) is 11.3 Å². The van der Waals surface area contributed by atoms with E-state index in [9.17, 15) is 17.6 Å². The van der Waals surface area contributed by atoms with Crippen LogP contribution in [0.15, 0.2) is 65.0 Å². The van der Waals surface area contributed by atoms with Crippen LogP contribution in [0.3, 0.4) is 0 Å². The van der Waals surface area contributed by atoms with Gasteiger partial charge in [-0.05, 0) is 36.4 Å². The number of carbonyl (C=O) groups excluding carboxylic acids is 1. The van der Waals surface area contributed by atoms with Crippen molar-refractivity contribution in [3.63, 3.8) is 0 Å². The number of amides is 1. The van der Waals surface area contributed by atoms with Gasteiger partial charge < -0.3 is 5.32 Å². The maximum atomic E-state index is 13.6. The second-order valence-corrected chi connectivity index (χ2v) is 7.48. The standard InChI is InChI=1S/C16H12FN3O3S2/c17-14-4-2-1-3-13(14)15(21)19-11-5-7-12(8-6-11)25(22,23)20-16-18-9-10-24-16/h1-10H,(H,18,20)(H,19,21). The summed E-state index contributed by atoms with van der Waals surface area (Å²) in [6.07, 6.45) is 1.49. The van der Waals surface area contributed by atoms with Gasteiger partial charge in [0.2, 0.25) is 0 Å². The third kappa shape index (κ3) is 4.01. The van der Waals surface area contributed by atoms with E-state index in [1.165, 1.54) is 48.7 Å². The molecule has 2 N–H and O–H groups in total. The average molecular weight is 377 g/mol. The monoisotopic (exact) mass is 377 g/mol. The second kappa shape index (κ2) is 6.99. The van der Waals surface area contributed by atoms with Crippen LogP contribution in [0.2, 0.25) is 0 Å². The Morgan fingerprint density at radius 1 is 1.08 bits per heavy atom. The Hall–Kier alpha value is -2.78. The Bertz CT molecular complexity index is 988. The van der Waals surface area contributed by atoms with Crippen LogP contribution in [0.5, 0.6) is 0 Å². The van der Waals surface area contributed by atoms with Gasteiger partial charge in [0.15, 0.2) is 5.13 Å². The van der Waals surface area contributed by atoms with Crippen molar-refractivity contribution < 1.29 is 17.6 Å². The van der Waals surface area contributed by atoms with Gasteiger partial charge in [-0.25, -0.2) is 17.8 Å². The first kappa shape index (κ1) is 17.1. The molecule has 0 saturated carbocycles. The minimum absolute atomic E-state index is 0.0200. The van der Waals surface area contributed by atoms with Gasteiger partial charge in [-0.2, -0.15) is 0 Å². The van der Waals surface area contributed by atoms with Gasteiger partial charge in [-0.15, -0.1) is 11.3 Å². The van der Waals surface area contributed by atoms with E-state index in [2.05, 4.69) is 15.0 Å². The summed E-state index contributed by atoms with van der Waals surface area (Å²) >= 11 is 1.16. The molecule has 0 aliphatic rings. The highest BCUT2D eigenvalue weighted by molar-refractivity contribution is 7.93. The number of anilines is 2. The van der Waals surface area contributed by atoms with Crippen LogP contribution < -0.4 is 10.0 Å². The number of rotatable bonds is 5. The Kier molecular flexibility index (Phi) is 4.77. The van der Waals surface area contributed by atoms with Crippen molar-refractivity contribution >= 4 is 38.1 Å². The molecule has 2 aromatic carbocycles. The molecular weight excluding hydrogens is 365 g/mol. The molecule has 25 heavy (non-hydrogen) atoms. The minimum atomic E-state index is -3.76. The summed E-state index contributed by atoms with van der Waals surface area (Å²) in [5.74, 6) is -1.25. The molecule has 0 unspecified atom stereocenters. The number of halogens is 1. The van der Waals surface area contributed by atoms with Crippen molar-refractivity contribution in [1.82, 2.24) is 4.98 Å².